The summed E-state index contributed by atoms with van der Waals surface area (Å²) in [5, 5.41) is 19.0. The molecular weight excluding hydrogens is 259 g/mol. The van der Waals surface area contributed by atoms with Gasteiger partial charge < -0.3 is 14.4 Å². The zero-order chi connectivity index (χ0) is 13.2. The molecule has 2 N–H and O–H groups in total. The van der Waals surface area contributed by atoms with Gasteiger partial charge in [0.05, 0.1) is 16.2 Å². The second kappa shape index (κ2) is 4.84. The van der Waals surface area contributed by atoms with Crippen molar-refractivity contribution in [2.24, 2.45) is 0 Å². The SMILES string of the molecule is O=C(O)c1cc(NS(=O)[O-])c(F)c([N+](=O)[O-])c1. The Bertz CT molecular complexity index is 519. The maximum absolute atomic E-state index is 13.4. The van der Waals surface area contributed by atoms with Crippen LogP contribution in [0.15, 0.2) is 12.1 Å². The molecule has 17 heavy (non-hydrogen) atoms. The van der Waals surface area contributed by atoms with Crippen LogP contribution < -0.4 is 4.72 Å². The van der Waals surface area contributed by atoms with Crippen LogP contribution in [0.2, 0.25) is 0 Å². The van der Waals surface area contributed by atoms with Gasteiger partial charge in [0.1, 0.15) is 0 Å². The van der Waals surface area contributed by atoms with Crippen LogP contribution in [0.5, 0.6) is 0 Å². The summed E-state index contributed by atoms with van der Waals surface area (Å²) < 4.78 is 35.5. The highest BCUT2D eigenvalue weighted by Crippen LogP contribution is 2.27. The van der Waals surface area contributed by atoms with Crippen LogP contribution in [-0.2, 0) is 11.3 Å². The van der Waals surface area contributed by atoms with Crippen molar-refractivity contribution >= 4 is 28.6 Å². The van der Waals surface area contributed by atoms with Crippen LogP contribution in [0.1, 0.15) is 10.4 Å². The summed E-state index contributed by atoms with van der Waals surface area (Å²) in [6, 6.07) is 1.14. The number of nitrogens with one attached hydrogen (secondary N) is 1. The van der Waals surface area contributed by atoms with Crippen molar-refractivity contribution in [3.8, 4) is 0 Å². The van der Waals surface area contributed by atoms with Gasteiger partial charge in [-0.1, -0.05) is 0 Å². The number of nitrogens with zero attached hydrogens (tertiary/aromatic N) is 1. The molecule has 1 aromatic carbocycles. The Morgan fingerprint density at radius 3 is 2.53 bits per heavy atom. The number of carboxylic acids is 1. The molecule has 0 bridgehead atoms. The molecule has 0 aliphatic rings. The van der Waals surface area contributed by atoms with E-state index in [2.05, 4.69) is 0 Å². The molecule has 0 saturated heterocycles. The van der Waals surface area contributed by atoms with E-state index in [0.717, 1.165) is 0 Å². The predicted molar refractivity (Wildman–Crippen MR) is 52.6 cm³/mol. The molecule has 8 nitrogen and oxygen atoms in total. The summed E-state index contributed by atoms with van der Waals surface area (Å²) in [5.41, 5.74) is -2.53. The van der Waals surface area contributed by atoms with Gasteiger partial charge in [0.2, 0.25) is 5.82 Å². The van der Waals surface area contributed by atoms with Gasteiger partial charge in [-0.05, 0) is 6.07 Å². The third-order valence-electron chi connectivity index (χ3n) is 1.69. The van der Waals surface area contributed by atoms with E-state index in [1.165, 1.54) is 4.72 Å². The minimum absolute atomic E-state index is 0.497. The van der Waals surface area contributed by atoms with E-state index in [9.17, 15) is 28.1 Å². The Balaban J connectivity index is 3.42. The molecule has 0 radical (unpaired) electrons. The molecule has 10 heteroatoms. The number of carbonyl (C=O) groups is 1. The fourth-order valence-electron chi connectivity index (χ4n) is 1.03. The first-order valence-electron chi connectivity index (χ1n) is 3.90. The van der Waals surface area contributed by atoms with E-state index >= 15 is 0 Å². The lowest BCUT2D eigenvalue weighted by Crippen LogP contribution is -2.08. The molecule has 1 aromatic rings. The number of rotatable bonds is 4. The molecule has 0 saturated carbocycles. The predicted octanol–water partition coefficient (Wildman–Crippen LogP) is 0.638. The molecule has 0 amide bonds. The second-order valence-corrected chi connectivity index (χ2v) is 3.43. The van der Waals surface area contributed by atoms with Crippen LogP contribution >= 0.6 is 0 Å². The smallest absolute Gasteiger partial charge is 0.336 e. The Morgan fingerprint density at radius 1 is 1.53 bits per heavy atom. The minimum atomic E-state index is -2.93. The highest BCUT2D eigenvalue weighted by Gasteiger charge is 2.22. The Labute approximate surface area is 95.6 Å². The number of nitro groups is 1. The molecule has 0 fully saturated rings. The van der Waals surface area contributed by atoms with Gasteiger partial charge in [0.25, 0.3) is 0 Å². The van der Waals surface area contributed by atoms with Crippen molar-refractivity contribution < 1.29 is 28.0 Å². The summed E-state index contributed by atoms with van der Waals surface area (Å²) in [6.07, 6.45) is 0. The molecule has 1 unspecified atom stereocenters. The van der Waals surface area contributed by atoms with Crippen molar-refractivity contribution in [1.29, 1.82) is 0 Å². The fraction of sp³-hybridized carbons (Fsp3) is 0. The molecule has 0 spiro atoms. The summed E-state index contributed by atoms with van der Waals surface area (Å²) in [5.74, 6) is -3.00. The van der Waals surface area contributed by atoms with Gasteiger partial charge in [0.15, 0.2) is 0 Å². The largest absolute Gasteiger partial charge is 0.755 e. The van der Waals surface area contributed by atoms with Crippen molar-refractivity contribution in [1.82, 2.24) is 0 Å². The molecule has 0 aliphatic heterocycles. The van der Waals surface area contributed by atoms with E-state index in [-0.39, 0.29) is 0 Å². The van der Waals surface area contributed by atoms with Crippen molar-refractivity contribution in [2.45, 2.75) is 0 Å². The van der Waals surface area contributed by atoms with Crippen LogP contribution in [0, 0.1) is 15.9 Å². The Kier molecular flexibility index (Phi) is 3.70. The van der Waals surface area contributed by atoms with Gasteiger partial charge in [-0.15, -0.1) is 0 Å². The third kappa shape index (κ3) is 2.95. The highest BCUT2D eigenvalue weighted by atomic mass is 32.2. The quantitative estimate of drug-likeness (QED) is 0.465. The van der Waals surface area contributed by atoms with Crippen molar-refractivity contribution in [2.75, 3.05) is 4.72 Å². The summed E-state index contributed by atoms with van der Waals surface area (Å²) >= 11 is -2.93. The third-order valence-corrected chi connectivity index (χ3v) is 2.08. The van der Waals surface area contributed by atoms with Crippen molar-refractivity contribution in [3.63, 3.8) is 0 Å². The lowest BCUT2D eigenvalue weighted by Gasteiger charge is -2.10. The summed E-state index contributed by atoms with van der Waals surface area (Å²) in [7, 11) is 0. The first kappa shape index (κ1) is 13.0. The van der Waals surface area contributed by atoms with Crippen molar-refractivity contribution in [3.05, 3.63) is 33.6 Å². The van der Waals surface area contributed by atoms with E-state index < -0.39 is 44.9 Å². The molecule has 0 aliphatic carbocycles. The number of nitro benzene ring substituents is 1. The number of carboxylic acid groups (broad SMARTS) is 1. The average Bonchev–Trinajstić information content (AvgIpc) is 2.19. The lowest BCUT2D eigenvalue weighted by molar-refractivity contribution is -0.387. The normalized spacial score (nSPS) is 11.9. The maximum Gasteiger partial charge on any atom is 0.336 e. The highest BCUT2D eigenvalue weighted by molar-refractivity contribution is 7.80. The number of hydrogen-bond acceptors (Lipinski definition) is 5. The summed E-state index contributed by atoms with van der Waals surface area (Å²) in [4.78, 5) is 19.9. The van der Waals surface area contributed by atoms with Crippen LogP contribution in [-0.4, -0.2) is 24.8 Å². The molecule has 1 rings (SSSR count). The zero-order valence-corrected chi connectivity index (χ0v) is 8.69. The topological polar surface area (TPSA) is 133 Å². The second-order valence-electron chi connectivity index (χ2n) is 2.76. The summed E-state index contributed by atoms with van der Waals surface area (Å²) in [6.45, 7) is 0. The van der Waals surface area contributed by atoms with Gasteiger partial charge in [0, 0.05) is 17.3 Å². The zero-order valence-electron chi connectivity index (χ0n) is 7.88. The standard InChI is InChI=1S/C7H5FN2O6S/c8-6-4(9-17(15)16)1-3(7(11)12)2-5(6)10(13)14/h1-2,9H,(H,11,12)(H,15,16)/p-1. The number of aromatic carboxylic acids is 1. The van der Waals surface area contributed by atoms with E-state index in [0.29, 0.717) is 12.1 Å². The van der Waals surface area contributed by atoms with Crippen LogP contribution in [0.25, 0.3) is 0 Å². The van der Waals surface area contributed by atoms with Crippen LogP contribution in [0.3, 0.4) is 0 Å². The lowest BCUT2D eigenvalue weighted by atomic mass is 10.1. The van der Waals surface area contributed by atoms with Gasteiger partial charge in [-0.2, -0.15) is 4.39 Å². The Hall–Kier alpha value is -2.07. The van der Waals surface area contributed by atoms with E-state index in [4.69, 9.17) is 5.11 Å². The number of anilines is 1. The average molecular weight is 263 g/mol. The van der Waals surface area contributed by atoms with Gasteiger partial charge in [-0.25, -0.2) is 4.79 Å². The molecule has 0 heterocycles. The Morgan fingerprint density at radius 2 is 2.12 bits per heavy atom. The number of halogens is 1. The fourth-order valence-corrected chi connectivity index (χ4v) is 1.36. The number of benzene rings is 1. The van der Waals surface area contributed by atoms with Gasteiger partial charge >= 0.3 is 11.7 Å². The van der Waals surface area contributed by atoms with Gasteiger partial charge in [-0.3, -0.25) is 14.3 Å². The molecule has 0 aromatic heterocycles. The molecule has 92 valence electrons. The van der Waals surface area contributed by atoms with Crippen LogP contribution in [0.4, 0.5) is 15.8 Å². The first-order chi connectivity index (χ1) is 7.82. The maximum atomic E-state index is 13.4. The monoisotopic (exact) mass is 263 g/mol. The minimum Gasteiger partial charge on any atom is -0.755 e. The van der Waals surface area contributed by atoms with E-state index in [1.54, 1.807) is 0 Å². The molecular formula is C7H4FN2O6S-. The molecule has 1 atom stereocenters. The number of hydrogen-bond donors (Lipinski definition) is 2. The van der Waals surface area contributed by atoms with E-state index in [1.807, 2.05) is 0 Å². The first-order valence-corrected chi connectivity index (χ1v) is 4.97.